The van der Waals surface area contributed by atoms with Gasteiger partial charge >= 0.3 is 0 Å². The van der Waals surface area contributed by atoms with Crippen molar-refractivity contribution < 1.29 is 9.59 Å². The van der Waals surface area contributed by atoms with Crippen LogP contribution in [0, 0.1) is 11.3 Å². The summed E-state index contributed by atoms with van der Waals surface area (Å²) in [7, 11) is 0. The fraction of sp³-hybridized carbons (Fsp3) is 0.600. The van der Waals surface area contributed by atoms with Crippen molar-refractivity contribution in [3.8, 4) is 0 Å². The number of amides is 2. The van der Waals surface area contributed by atoms with E-state index in [0.29, 0.717) is 31.2 Å². The molecule has 1 aliphatic heterocycles. The van der Waals surface area contributed by atoms with E-state index < -0.39 is 0 Å². The zero-order valence-corrected chi connectivity index (χ0v) is 16.5. The molecule has 0 saturated carbocycles. The average molecular weight is 365 g/mol. The average Bonchev–Trinajstić information content (AvgIpc) is 2.59. The number of piperidine rings is 1. The fourth-order valence-corrected chi connectivity index (χ4v) is 3.44. The van der Waals surface area contributed by atoms with Crippen LogP contribution in [0.4, 0.5) is 0 Å². The smallest absolute Gasteiger partial charge is 0.227 e. The molecule has 1 aliphatic rings. The van der Waals surface area contributed by atoms with Crippen molar-refractivity contribution in [1.29, 1.82) is 0 Å². The highest BCUT2D eigenvalue weighted by Gasteiger charge is 2.33. The molecule has 0 aliphatic carbocycles. The Morgan fingerprint density at radius 3 is 2.32 bits per heavy atom. The zero-order chi connectivity index (χ0) is 18.6. The third-order valence-corrected chi connectivity index (χ3v) is 5.15. The molecule has 1 heterocycles. The van der Waals surface area contributed by atoms with Gasteiger partial charge in [-0.25, -0.2) is 0 Å². The normalized spacial score (nSPS) is 16.0. The van der Waals surface area contributed by atoms with Gasteiger partial charge < -0.3 is 9.80 Å². The molecule has 1 aromatic rings. The Morgan fingerprint density at radius 2 is 1.80 bits per heavy atom. The van der Waals surface area contributed by atoms with Crippen molar-refractivity contribution >= 4 is 23.4 Å². The predicted molar refractivity (Wildman–Crippen MR) is 101 cm³/mol. The largest absolute Gasteiger partial charge is 0.342 e. The van der Waals surface area contributed by atoms with Crippen molar-refractivity contribution in [2.24, 2.45) is 11.3 Å². The van der Waals surface area contributed by atoms with E-state index in [0.717, 1.165) is 18.4 Å². The van der Waals surface area contributed by atoms with Gasteiger partial charge in [0.05, 0.1) is 0 Å². The van der Waals surface area contributed by atoms with Gasteiger partial charge in [0.15, 0.2) is 0 Å². The summed E-state index contributed by atoms with van der Waals surface area (Å²) in [4.78, 5) is 29.0. The Balaban J connectivity index is 1.96. The molecule has 1 saturated heterocycles. The Bertz CT molecular complexity index is 616. The van der Waals surface area contributed by atoms with E-state index in [9.17, 15) is 9.59 Å². The molecule has 138 valence electrons. The zero-order valence-electron chi connectivity index (χ0n) is 15.7. The minimum absolute atomic E-state index is 0.00791. The first-order valence-electron chi connectivity index (χ1n) is 9.05. The molecule has 0 atom stereocenters. The number of rotatable bonds is 4. The second-order valence-corrected chi connectivity index (χ2v) is 8.17. The van der Waals surface area contributed by atoms with Crippen LogP contribution in [0.15, 0.2) is 24.3 Å². The number of hydrogen-bond acceptors (Lipinski definition) is 2. The standard InChI is InChI=1S/C20H29ClN2O2/c1-5-22(14-16-8-6-7-9-17(16)21)18(24)15-10-12-23(13-11-15)19(25)20(2,3)4/h6-9,15H,5,10-14H2,1-4H3. The molecule has 0 aromatic heterocycles. The highest BCUT2D eigenvalue weighted by Crippen LogP contribution is 2.26. The number of nitrogens with zero attached hydrogens (tertiary/aromatic N) is 2. The molecule has 2 amide bonds. The Morgan fingerprint density at radius 1 is 1.20 bits per heavy atom. The summed E-state index contributed by atoms with van der Waals surface area (Å²) < 4.78 is 0. The van der Waals surface area contributed by atoms with Crippen LogP contribution >= 0.6 is 11.6 Å². The number of carbonyl (C=O) groups excluding carboxylic acids is 2. The van der Waals surface area contributed by atoms with Crippen molar-refractivity contribution in [2.45, 2.75) is 47.1 Å². The number of hydrogen-bond donors (Lipinski definition) is 0. The topological polar surface area (TPSA) is 40.6 Å². The molecular formula is C20H29ClN2O2. The van der Waals surface area contributed by atoms with Crippen LogP contribution in [0.3, 0.4) is 0 Å². The third-order valence-electron chi connectivity index (χ3n) is 4.79. The molecule has 1 aromatic carbocycles. The lowest BCUT2D eigenvalue weighted by Crippen LogP contribution is -2.47. The van der Waals surface area contributed by atoms with E-state index in [1.165, 1.54) is 0 Å². The molecule has 25 heavy (non-hydrogen) atoms. The second kappa shape index (κ2) is 8.22. The highest BCUT2D eigenvalue weighted by atomic mass is 35.5. The van der Waals surface area contributed by atoms with Gasteiger partial charge in [0.2, 0.25) is 11.8 Å². The quantitative estimate of drug-likeness (QED) is 0.810. The molecule has 0 N–H and O–H groups in total. The summed E-state index contributed by atoms with van der Waals surface area (Å²) >= 11 is 6.23. The number of likely N-dealkylation sites (tertiary alicyclic amines) is 1. The molecular weight excluding hydrogens is 336 g/mol. The summed E-state index contributed by atoms with van der Waals surface area (Å²) in [6.07, 6.45) is 1.47. The van der Waals surface area contributed by atoms with Crippen molar-refractivity contribution in [3.05, 3.63) is 34.9 Å². The van der Waals surface area contributed by atoms with Crippen LogP contribution < -0.4 is 0 Å². The first-order valence-corrected chi connectivity index (χ1v) is 9.43. The summed E-state index contributed by atoms with van der Waals surface area (Å²) in [5, 5.41) is 0.694. The van der Waals surface area contributed by atoms with Crippen LogP contribution in [0.2, 0.25) is 5.02 Å². The van der Waals surface area contributed by atoms with Crippen molar-refractivity contribution in [2.75, 3.05) is 19.6 Å². The number of halogens is 1. The van der Waals surface area contributed by atoms with E-state index >= 15 is 0 Å². The molecule has 2 rings (SSSR count). The van der Waals surface area contributed by atoms with Crippen LogP contribution in [0.5, 0.6) is 0 Å². The van der Waals surface area contributed by atoms with Gasteiger partial charge in [-0.2, -0.15) is 0 Å². The van der Waals surface area contributed by atoms with Crippen molar-refractivity contribution in [3.63, 3.8) is 0 Å². The molecule has 0 bridgehead atoms. The first kappa shape index (κ1) is 19.8. The Hall–Kier alpha value is -1.55. The van der Waals surface area contributed by atoms with E-state index in [1.807, 2.05) is 61.8 Å². The maximum absolute atomic E-state index is 12.9. The number of benzene rings is 1. The summed E-state index contributed by atoms with van der Waals surface area (Å²) in [5.74, 6) is 0.332. The van der Waals surface area contributed by atoms with E-state index in [1.54, 1.807) is 0 Å². The van der Waals surface area contributed by atoms with Crippen LogP contribution in [0.1, 0.15) is 46.1 Å². The van der Waals surface area contributed by atoms with Crippen LogP contribution in [-0.4, -0.2) is 41.2 Å². The lowest BCUT2D eigenvalue weighted by atomic mass is 9.90. The number of carbonyl (C=O) groups is 2. The Kier molecular flexibility index (Phi) is 6.50. The lowest BCUT2D eigenvalue weighted by molar-refractivity contribution is -0.145. The van der Waals surface area contributed by atoms with Gasteiger partial charge in [-0.3, -0.25) is 9.59 Å². The highest BCUT2D eigenvalue weighted by molar-refractivity contribution is 6.31. The van der Waals surface area contributed by atoms with Gasteiger partial charge in [-0.05, 0) is 31.4 Å². The summed E-state index contributed by atoms with van der Waals surface area (Å²) in [5.41, 5.74) is 0.607. The minimum Gasteiger partial charge on any atom is -0.342 e. The van der Waals surface area contributed by atoms with E-state index in [4.69, 9.17) is 11.6 Å². The second-order valence-electron chi connectivity index (χ2n) is 7.76. The molecule has 0 unspecified atom stereocenters. The van der Waals surface area contributed by atoms with Crippen LogP contribution in [0.25, 0.3) is 0 Å². The molecule has 1 fully saturated rings. The summed E-state index contributed by atoms with van der Waals surface area (Å²) in [6.45, 7) is 10.3. The predicted octanol–water partition coefficient (Wildman–Crippen LogP) is 3.97. The molecule has 0 radical (unpaired) electrons. The SMILES string of the molecule is CCN(Cc1ccccc1Cl)C(=O)C1CCN(C(=O)C(C)(C)C)CC1. The van der Waals surface area contributed by atoms with Gasteiger partial charge in [0.25, 0.3) is 0 Å². The summed E-state index contributed by atoms with van der Waals surface area (Å²) in [6, 6.07) is 7.65. The maximum atomic E-state index is 12.9. The third kappa shape index (κ3) is 4.97. The van der Waals surface area contributed by atoms with Gasteiger partial charge in [-0.15, -0.1) is 0 Å². The molecule has 0 spiro atoms. The van der Waals surface area contributed by atoms with Crippen molar-refractivity contribution in [1.82, 2.24) is 9.80 Å². The van der Waals surface area contributed by atoms with E-state index in [-0.39, 0.29) is 23.1 Å². The van der Waals surface area contributed by atoms with Gasteiger partial charge in [0.1, 0.15) is 0 Å². The fourth-order valence-electron chi connectivity index (χ4n) is 3.24. The molecule has 4 nitrogen and oxygen atoms in total. The van der Waals surface area contributed by atoms with Gasteiger partial charge in [0, 0.05) is 42.5 Å². The molecule has 5 heteroatoms. The van der Waals surface area contributed by atoms with Crippen LogP contribution in [-0.2, 0) is 16.1 Å². The lowest BCUT2D eigenvalue weighted by Gasteiger charge is -2.36. The van der Waals surface area contributed by atoms with E-state index in [2.05, 4.69) is 0 Å². The minimum atomic E-state index is -0.365. The first-order chi connectivity index (χ1) is 11.7. The maximum Gasteiger partial charge on any atom is 0.227 e. The monoisotopic (exact) mass is 364 g/mol. The Labute approximate surface area is 156 Å². The van der Waals surface area contributed by atoms with Gasteiger partial charge in [-0.1, -0.05) is 50.6 Å².